The number of pyridine rings is 1. The number of nitrogen functional groups attached to an aromatic ring is 2. The summed E-state index contributed by atoms with van der Waals surface area (Å²) in [6.45, 7) is 6.11. The smallest absolute Gasteiger partial charge is 0.221 e. The van der Waals surface area contributed by atoms with Gasteiger partial charge in [0.25, 0.3) is 0 Å². The molecule has 0 saturated heterocycles. The summed E-state index contributed by atoms with van der Waals surface area (Å²) in [6.07, 6.45) is 0. The van der Waals surface area contributed by atoms with Crippen molar-refractivity contribution in [2.24, 2.45) is 0 Å². The SMILES string of the molecule is Cc1cc(C)c(C)c(Oc2ccc(N)c(N)n2)c1. The molecule has 0 spiro atoms. The third-order valence-electron chi connectivity index (χ3n) is 2.91. The van der Waals surface area contributed by atoms with Crippen LogP contribution in [0.4, 0.5) is 11.5 Å². The fraction of sp³-hybridized carbons (Fsp3) is 0.214. The van der Waals surface area contributed by atoms with Crippen LogP contribution in [-0.4, -0.2) is 4.98 Å². The van der Waals surface area contributed by atoms with Gasteiger partial charge in [0, 0.05) is 6.07 Å². The molecular formula is C14H17N3O. The van der Waals surface area contributed by atoms with Crippen molar-refractivity contribution in [1.82, 2.24) is 4.98 Å². The molecule has 0 fully saturated rings. The first-order valence-electron chi connectivity index (χ1n) is 5.75. The molecule has 1 aromatic carbocycles. The molecule has 0 aliphatic carbocycles. The Balaban J connectivity index is 2.36. The summed E-state index contributed by atoms with van der Waals surface area (Å²) in [4.78, 5) is 4.10. The van der Waals surface area contributed by atoms with E-state index in [0.29, 0.717) is 11.6 Å². The quantitative estimate of drug-likeness (QED) is 0.850. The van der Waals surface area contributed by atoms with E-state index < -0.39 is 0 Å². The van der Waals surface area contributed by atoms with Crippen molar-refractivity contribution in [3.63, 3.8) is 0 Å². The molecule has 0 amide bonds. The molecule has 0 atom stereocenters. The zero-order valence-electron chi connectivity index (χ0n) is 10.8. The third-order valence-corrected chi connectivity index (χ3v) is 2.91. The summed E-state index contributed by atoms with van der Waals surface area (Å²) >= 11 is 0. The molecule has 1 aromatic heterocycles. The highest BCUT2D eigenvalue weighted by Gasteiger charge is 2.07. The normalized spacial score (nSPS) is 10.4. The zero-order chi connectivity index (χ0) is 13.3. The van der Waals surface area contributed by atoms with Crippen LogP contribution >= 0.6 is 0 Å². The van der Waals surface area contributed by atoms with E-state index in [2.05, 4.69) is 18.0 Å². The van der Waals surface area contributed by atoms with E-state index >= 15 is 0 Å². The lowest BCUT2D eigenvalue weighted by Crippen LogP contribution is -2.00. The molecule has 1 heterocycles. The molecule has 0 radical (unpaired) electrons. The molecule has 0 saturated carbocycles. The van der Waals surface area contributed by atoms with Crippen LogP contribution in [0.5, 0.6) is 11.6 Å². The molecule has 0 aliphatic heterocycles. The van der Waals surface area contributed by atoms with Gasteiger partial charge in [0.05, 0.1) is 5.69 Å². The number of nitrogens with zero attached hydrogens (tertiary/aromatic N) is 1. The molecule has 94 valence electrons. The summed E-state index contributed by atoms with van der Waals surface area (Å²) in [7, 11) is 0. The largest absolute Gasteiger partial charge is 0.439 e. The number of hydrogen-bond donors (Lipinski definition) is 2. The van der Waals surface area contributed by atoms with Gasteiger partial charge in [0.15, 0.2) is 5.82 Å². The Hall–Kier alpha value is -2.23. The molecule has 18 heavy (non-hydrogen) atoms. The number of anilines is 2. The number of hydrogen-bond acceptors (Lipinski definition) is 4. The highest BCUT2D eigenvalue weighted by Crippen LogP contribution is 2.28. The van der Waals surface area contributed by atoms with Crippen molar-refractivity contribution in [1.29, 1.82) is 0 Å². The average Bonchev–Trinajstić information content (AvgIpc) is 2.30. The lowest BCUT2D eigenvalue weighted by molar-refractivity contribution is 0.459. The van der Waals surface area contributed by atoms with E-state index in [1.165, 1.54) is 5.56 Å². The second kappa shape index (κ2) is 4.56. The Morgan fingerprint density at radius 1 is 1.06 bits per heavy atom. The molecule has 0 unspecified atom stereocenters. The van der Waals surface area contributed by atoms with E-state index in [9.17, 15) is 0 Å². The molecule has 2 aromatic rings. The van der Waals surface area contributed by atoms with Crippen LogP contribution in [0.15, 0.2) is 24.3 Å². The fourth-order valence-corrected chi connectivity index (χ4v) is 1.74. The Labute approximate surface area is 107 Å². The van der Waals surface area contributed by atoms with Crippen LogP contribution in [0.3, 0.4) is 0 Å². The van der Waals surface area contributed by atoms with Crippen LogP contribution in [-0.2, 0) is 0 Å². The molecule has 0 bridgehead atoms. The maximum Gasteiger partial charge on any atom is 0.221 e. The summed E-state index contributed by atoms with van der Waals surface area (Å²) in [5.41, 5.74) is 15.2. The summed E-state index contributed by atoms with van der Waals surface area (Å²) in [6, 6.07) is 7.50. The summed E-state index contributed by atoms with van der Waals surface area (Å²) in [5, 5.41) is 0. The topological polar surface area (TPSA) is 74.2 Å². The first-order valence-corrected chi connectivity index (χ1v) is 5.75. The third kappa shape index (κ3) is 2.37. The Morgan fingerprint density at radius 3 is 2.44 bits per heavy atom. The van der Waals surface area contributed by atoms with Crippen molar-refractivity contribution < 1.29 is 4.74 Å². The fourth-order valence-electron chi connectivity index (χ4n) is 1.74. The lowest BCUT2D eigenvalue weighted by atomic mass is 10.1. The van der Waals surface area contributed by atoms with E-state index in [1.54, 1.807) is 12.1 Å². The highest BCUT2D eigenvalue weighted by atomic mass is 16.5. The number of aryl methyl sites for hydroxylation is 2. The van der Waals surface area contributed by atoms with E-state index in [0.717, 1.165) is 16.9 Å². The van der Waals surface area contributed by atoms with Gasteiger partial charge in [-0.05, 0) is 49.6 Å². The number of ether oxygens (including phenoxy) is 1. The second-order valence-electron chi connectivity index (χ2n) is 4.43. The van der Waals surface area contributed by atoms with Crippen LogP contribution in [0.25, 0.3) is 0 Å². The Morgan fingerprint density at radius 2 is 1.78 bits per heavy atom. The molecule has 2 rings (SSSR count). The highest BCUT2D eigenvalue weighted by molar-refractivity contribution is 5.59. The van der Waals surface area contributed by atoms with Gasteiger partial charge in [-0.1, -0.05) is 6.07 Å². The maximum absolute atomic E-state index is 5.76. The molecule has 4 N–H and O–H groups in total. The van der Waals surface area contributed by atoms with Crippen LogP contribution in [0, 0.1) is 20.8 Å². The van der Waals surface area contributed by atoms with Gasteiger partial charge >= 0.3 is 0 Å². The first kappa shape index (κ1) is 12.2. The number of benzene rings is 1. The molecular weight excluding hydrogens is 226 g/mol. The molecule has 4 nitrogen and oxygen atoms in total. The van der Waals surface area contributed by atoms with Gasteiger partial charge in [0.2, 0.25) is 5.88 Å². The second-order valence-corrected chi connectivity index (χ2v) is 4.43. The van der Waals surface area contributed by atoms with E-state index in [4.69, 9.17) is 16.2 Å². The van der Waals surface area contributed by atoms with Gasteiger partial charge in [0.1, 0.15) is 5.75 Å². The predicted molar refractivity (Wildman–Crippen MR) is 73.8 cm³/mol. The Bertz CT molecular complexity index is 594. The van der Waals surface area contributed by atoms with Gasteiger partial charge in [-0.2, -0.15) is 4.98 Å². The summed E-state index contributed by atoms with van der Waals surface area (Å²) < 4.78 is 5.76. The minimum atomic E-state index is 0.287. The summed E-state index contributed by atoms with van der Waals surface area (Å²) in [5.74, 6) is 1.54. The predicted octanol–water partition coefficient (Wildman–Crippen LogP) is 2.96. The number of rotatable bonds is 2. The van der Waals surface area contributed by atoms with E-state index in [-0.39, 0.29) is 5.82 Å². The minimum absolute atomic E-state index is 0.287. The van der Waals surface area contributed by atoms with Crippen molar-refractivity contribution >= 4 is 11.5 Å². The number of aromatic nitrogens is 1. The minimum Gasteiger partial charge on any atom is -0.439 e. The van der Waals surface area contributed by atoms with Gasteiger partial charge in [-0.3, -0.25) is 0 Å². The number of nitrogens with two attached hydrogens (primary N) is 2. The molecule has 0 aliphatic rings. The lowest BCUT2D eigenvalue weighted by Gasteiger charge is -2.12. The van der Waals surface area contributed by atoms with Crippen molar-refractivity contribution in [2.45, 2.75) is 20.8 Å². The van der Waals surface area contributed by atoms with Crippen molar-refractivity contribution in [3.8, 4) is 11.6 Å². The van der Waals surface area contributed by atoms with Gasteiger partial charge in [-0.15, -0.1) is 0 Å². The average molecular weight is 243 g/mol. The van der Waals surface area contributed by atoms with E-state index in [1.807, 2.05) is 19.9 Å². The first-order chi connectivity index (χ1) is 8.47. The van der Waals surface area contributed by atoms with Crippen LogP contribution in [0.1, 0.15) is 16.7 Å². The maximum atomic E-state index is 5.76. The standard InChI is InChI=1S/C14H17N3O/c1-8-6-9(2)10(3)12(7-8)18-13-5-4-11(15)14(16)17-13/h4-7H,15H2,1-3H3,(H2,16,17). The van der Waals surface area contributed by atoms with Crippen LogP contribution < -0.4 is 16.2 Å². The van der Waals surface area contributed by atoms with Crippen LogP contribution in [0.2, 0.25) is 0 Å². The van der Waals surface area contributed by atoms with Crippen molar-refractivity contribution in [3.05, 3.63) is 41.0 Å². The van der Waals surface area contributed by atoms with Gasteiger partial charge in [-0.25, -0.2) is 0 Å². The Kier molecular flexibility index (Phi) is 3.10. The van der Waals surface area contributed by atoms with Crippen molar-refractivity contribution in [2.75, 3.05) is 11.5 Å². The van der Waals surface area contributed by atoms with Gasteiger partial charge < -0.3 is 16.2 Å². The monoisotopic (exact) mass is 243 g/mol. The zero-order valence-corrected chi connectivity index (χ0v) is 10.8. The molecule has 4 heteroatoms.